The summed E-state index contributed by atoms with van der Waals surface area (Å²) in [5.41, 5.74) is 0. The van der Waals surface area contributed by atoms with Gasteiger partial charge in [0.1, 0.15) is 0 Å². The van der Waals surface area contributed by atoms with Crippen molar-refractivity contribution >= 4 is 63.7 Å². The molecule has 0 bridgehead atoms. The van der Waals surface area contributed by atoms with E-state index in [1.807, 2.05) is 4.90 Å². The number of Topliss-reactive ketones (excluding diaryl/α,β-unsaturated/α-hetero) is 1. The molecular formula is C19H38B4N4O7S2. The summed E-state index contributed by atoms with van der Waals surface area (Å²) in [7, 11) is 0.605. The van der Waals surface area contributed by atoms with Crippen LogP contribution in [0.25, 0.3) is 0 Å². The fourth-order valence-electron chi connectivity index (χ4n) is 4.23. The van der Waals surface area contributed by atoms with Gasteiger partial charge in [0, 0.05) is 0 Å². The van der Waals surface area contributed by atoms with Crippen LogP contribution in [0.15, 0.2) is 0 Å². The standard InChI is InChI=1S/C10H20B2N2O3S.C9H18B2N2O4S/c1-8(15)10-5-9(6-14(10)7-11-16)18-4-3-13-12(2)17;1-11(17)12-2-3-18-7-4-8(9(14)15)13(5-7)6-10-16/h9-10,13,17H,3-7H2,1-2H3;7-8,12,17H,2-6H2,1H3,(H,14,15)/t9?,10-;7?,8-/m00/s1. The molecule has 0 radical (unpaired) electrons. The Hall–Kier alpha value is -0.540. The van der Waals surface area contributed by atoms with Crippen molar-refractivity contribution in [1.82, 2.24) is 20.3 Å². The van der Waals surface area contributed by atoms with Crippen LogP contribution in [-0.2, 0) is 19.0 Å². The van der Waals surface area contributed by atoms with E-state index in [2.05, 4.69) is 10.5 Å². The van der Waals surface area contributed by atoms with Gasteiger partial charge in [0.15, 0.2) is 0 Å². The number of ketones is 1. The van der Waals surface area contributed by atoms with E-state index in [1.54, 1.807) is 49.0 Å². The summed E-state index contributed by atoms with van der Waals surface area (Å²) in [6.07, 6.45) is 1.91. The molecule has 2 saturated heterocycles. The molecule has 0 aromatic carbocycles. The number of hydrogen-bond acceptors (Lipinski definition) is 12. The van der Waals surface area contributed by atoms with Crippen LogP contribution in [0.1, 0.15) is 19.8 Å². The van der Waals surface area contributed by atoms with Crippen molar-refractivity contribution in [2.24, 2.45) is 0 Å². The molecule has 0 aromatic heterocycles. The van der Waals surface area contributed by atoms with Crippen molar-refractivity contribution in [3.05, 3.63) is 0 Å². The number of hydrogen-bond donors (Lipinski definition) is 5. The van der Waals surface area contributed by atoms with E-state index in [4.69, 9.17) is 15.2 Å². The molecule has 2 heterocycles. The first kappa shape index (κ1) is 33.5. The van der Waals surface area contributed by atoms with E-state index in [1.165, 1.54) is 0 Å². The number of carbonyl (C=O) groups is 2. The Morgan fingerprint density at radius 3 is 1.67 bits per heavy atom. The van der Waals surface area contributed by atoms with Crippen molar-refractivity contribution < 1.29 is 34.2 Å². The monoisotopic (exact) mass is 542 g/mol. The van der Waals surface area contributed by atoms with Gasteiger partial charge in [0.25, 0.3) is 0 Å². The number of rotatable bonds is 16. The van der Waals surface area contributed by atoms with Crippen molar-refractivity contribution in [3.63, 3.8) is 0 Å². The maximum absolute atomic E-state index is 11.5. The zero-order chi connectivity index (χ0) is 27.1. The zero-order valence-corrected chi connectivity index (χ0v) is 23.0. The summed E-state index contributed by atoms with van der Waals surface area (Å²) in [5, 5.41) is 33.6. The summed E-state index contributed by atoms with van der Waals surface area (Å²) < 4.78 is 21.1. The molecule has 36 heavy (non-hydrogen) atoms. The normalized spacial score (nSPS) is 23.9. The first-order valence-corrected chi connectivity index (χ1v) is 14.3. The number of likely N-dealkylation sites (tertiary alicyclic amines) is 2. The molecule has 5 N–H and O–H groups in total. The van der Waals surface area contributed by atoms with Crippen LogP contribution in [-0.4, -0.2) is 138 Å². The molecule has 0 aromatic rings. The average Bonchev–Trinajstić information content (AvgIpc) is 3.39. The molecule has 0 spiro atoms. The van der Waals surface area contributed by atoms with Crippen LogP contribution in [0, 0.1) is 0 Å². The predicted octanol–water partition coefficient (Wildman–Crippen LogP) is -1.59. The van der Waals surface area contributed by atoms with Crippen LogP contribution in [0.3, 0.4) is 0 Å². The minimum atomic E-state index is -0.859. The van der Waals surface area contributed by atoms with E-state index in [-0.39, 0.29) is 23.5 Å². The average molecular weight is 542 g/mol. The third-order valence-electron chi connectivity index (χ3n) is 5.89. The van der Waals surface area contributed by atoms with Gasteiger partial charge in [0.05, 0.1) is 0 Å². The predicted molar refractivity (Wildman–Crippen MR) is 147 cm³/mol. The number of nitrogens with one attached hydrogen (secondary N) is 2. The summed E-state index contributed by atoms with van der Waals surface area (Å²) in [6.45, 7) is 7.80. The molecule has 200 valence electrons. The van der Waals surface area contributed by atoms with Crippen molar-refractivity contribution in [2.75, 3.05) is 50.6 Å². The first-order chi connectivity index (χ1) is 17.1. The molecule has 0 aliphatic carbocycles. The quantitative estimate of drug-likeness (QED) is 0.113. The van der Waals surface area contributed by atoms with Gasteiger partial charge in [-0.1, -0.05) is 0 Å². The van der Waals surface area contributed by atoms with Crippen LogP contribution in [0.2, 0.25) is 13.6 Å². The van der Waals surface area contributed by atoms with Crippen molar-refractivity contribution in [1.29, 1.82) is 0 Å². The van der Waals surface area contributed by atoms with E-state index in [0.29, 0.717) is 31.2 Å². The molecule has 2 aliphatic rings. The molecule has 4 atom stereocenters. The Balaban J connectivity index is 0.000000360. The molecule has 2 aliphatic heterocycles. The molecule has 2 fully saturated rings. The van der Waals surface area contributed by atoms with Gasteiger partial charge in [-0.2, -0.15) is 0 Å². The third-order valence-corrected chi connectivity index (χ3v) is 8.40. The second kappa shape index (κ2) is 18.7. The Kier molecular flexibility index (Phi) is 17.4. The summed E-state index contributed by atoms with van der Waals surface area (Å²) in [6, 6.07) is -0.644. The third kappa shape index (κ3) is 13.3. The van der Waals surface area contributed by atoms with Gasteiger partial charge in [-0.05, 0) is 0 Å². The van der Waals surface area contributed by atoms with Gasteiger partial charge >= 0.3 is 225 Å². The Bertz CT molecular complexity index is 646. The molecule has 2 unspecified atom stereocenters. The second-order valence-corrected chi connectivity index (χ2v) is 11.8. The zero-order valence-electron chi connectivity index (χ0n) is 21.4. The summed E-state index contributed by atoms with van der Waals surface area (Å²) >= 11 is 3.48. The van der Waals surface area contributed by atoms with E-state index in [0.717, 1.165) is 45.3 Å². The molecular weight excluding hydrogens is 504 g/mol. The molecule has 2 rings (SSSR count). The van der Waals surface area contributed by atoms with Gasteiger partial charge < -0.3 is 0 Å². The summed E-state index contributed by atoms with van der Waals surface area (Å²) in [5.74, 6) is 0.996. The number of carboxylic acid groups (broad SMARTS) is 1. The van der Waals surface area contributed by atoms with Gasteiger partial charge in [-0.25, -0.2) is 0 Å². The Labute approximate surface area is 224 Å². The fraction of sp³-hybridized carbons (Fsp3) is 0.895. The molecule has 11 nitrogen and oxygen atoms in total. The molecule has 17 heteroatoms. The Morgan fingerprint density at radius 1 is 0.889 bits per heavy atom. The van der Waals surface area contributed by atoms with Crippen LogP contribution in [0.5, 0.6) is 0 Å². The molecule has 0 amide bonds. The number of aliphatic carboxylic acids is 1. The molecule has 0 saturated carbocycles. The van der Waals surface area contributed by atoms with E-state index in [9.17, 15) is 19.0 Å². The van der Waals surface area contributed by atoms with Crippen molar-refractivity contribution in [2.45, 2.75) is 56.0 Å². The Morgan fingerprint density at radius 2 is 1.31 bits per heavy atom. The number of carbonyl (C=O) groups excluding carboxylic acids is 1. The van der Waals surface area contributed by atoms with Crippen LogP contribution in [0.4, 0.5) is 0 Å². The topological polar surface area (TPSA) is 160 Å². The van der Waals surface area contributed by atoms with E-state index < -0.39 is 26.1 Å². The fourth-order valence-corrected chi connectivity index (χ4v) is 6.59. The number of carboxylic acids is 1. The van der Waals surface area contributed by atoms with Crippen LogP contribution >= 0.6 is 23.5 Å². The minimum absolute atomic E-state index is 0.0996. The van der Waals surface area contributed by atoms with Gasteiger partial charge in [0.2, 0.25) is 0 Å². The van der Waals surface area contributed by atoms with E-state index >= 15 is 0 Å². The van der Waals surface area contributed by atoms with Crippen molar-refractivity contribution in [3.8, 4) is 0 Å². The van der Waals surface area contributed by atoms with Gasteiger partial charge in [-0.15, -0.1) is 0 Å². The first-order valence-electron chi connectivity index (χ1n) is 12.2. The number of nitrogens with zero attached hydrogens (tertiary/aromatic N) is 2. The number of thioether (sulfide) groups is 2. The maximum atomic E-state index is 11.5. The summed E-state index contributed by atoms with van der Waals surface area (Å²) in [4.78, 5) is 26.2. The van der Waals surface area contributed by atoms with Crippen LogP contribution < -0.4 is 10.5 Å². The second-order valence-electron chi connectivity index (χ2n) is 8.94. The van der Waals surface area contributed by atoms with Gasteiger partial charge in [-0.3, -0.25) is 0 Å². The SMILES string of the molecule is CB(O)NCCSC1C[C@@H](C(=O)O)N(CB=O)C1.CB(O)NCCSC1C[C@@H](C(C)=O)N(CB=O)C1.